The molecule has 0 saturated carbocycles. The second kappa shape index (κ2) is 6.95. The molecule has 2 nitrogen and oxygen atoms in total. The van der Waals surface area contributed by atoms with E-state index in [9.17, 15) is 0 Å². The summed E-state index contributed by atoms with van der Waals surface area (Å²) in [6.45, 7) is 0. The Kier molecular flexibility index (Phi) is 8.74. The van der Waals surface area contributed by atoms with Crippen LogP contribution in [0, 0.1) is 0 Å². The molecule has 0 amide bonds. The van der Waals surface area contributed by atoms with Crippen molar-refractivity contribution in [3.8, 4) is 0 Å². The summed E-state index contributed by atoms with van der Waals surface area (Å²) in [7, 11) is 1.81. The topological polar surface area (TPSA) is 29.3 Å². The van der Waals surface area contributed by atoms with E-state index in [1.54, 1.807) is 5.01 Å². The van der Waals surface area contributed by atoms with Crippen LogP contribution in [0.1, 0.15) is 0 Å². The van der Waals surface area contributed by atoms with Gasteiger partial charge in [-0.2, -0.15) is 0 Å². The van der Waals surface area contributed by atoms with Crippen LogP contribution in [-0.2, 0) is 0 Å². The van der Waals surface area contributed by atoms with Gasteiger partial charge in [-0.15, -0.1) is 12.4 Å². The fourth-order valence-corrected chi connectivity index (χ4v) is 0.663. The van der Waals surface area contributed by atoms with Crippen molar-refractivity contribution in [2.45, 2.75) is 0 Å². The molecule has 0 bridgehead atoms. The molecule has 0 saturated heterocycles. The molecule has 1 radical (unpaired) electrons. The molecule has 0 unspecified atom stereocenters. The van der Waals surface area contributed by atoms with Crippen molar-refractivity contribution in [3.05, 3.63) is 30.3 Å². The summed E-state index contributed by atoms with van der Waals surface area (Å²) < 4.78 is 0. The van der Waals surface area contributed by atoms with Gasteiger partial charge in [-0.1, -0.05) is 18.2 Å². The Bertz CT molecular complexity index is 179. The molecular weight excluding hydrogens is 171 g/mol. The van der Waals surface area contributed by atoms with E-state index in [2.05, 4.69) is 0 Å². The maximum atomic E-state index is 5.45. The number of nitrogens with zero attached hydrogens (tertiary/aromatic N) is 1. The number of para-hydroxylation sites is 1. The summed E-state index contributed by atoms with van der Waals surface area (Å²) >= 11 is 0. The summed E-state index contributed by atoms with van der Waals surface area (Å²) in [5.74, 6) is 5.45. The van der Waals surface area contributed by atoms with E-state index in [1.165, 1.54) is 0 Å². The van der Waals surface area contributed by atoms with Gasteiger partial charge in [0.1, 0.15) is 0 Å². The van der Waals surface area contributed by atoms with Gasteiger partial charge in [0.25, 0.3) is 0 Å². The quantitative estimate of drug-likeness (QED) is 0.399. The van der Waals surface area contributed by atoms with Crippen LogP contribution in [0.2, 0.25) is 0 Å². The van der Waals surface area contributed by atoms with Gasteiger partial charge in [0.2, 0.25) is 0 Å². The summed E-state index contributed by atoms with van der Waals surface area (Å²) in [5, 5.41) is 1.58. The molecular formula is C7H11ClN2Na. The van der Waals surface area contributed by atoms with E-state index in [4.69, 9.17) is 5.84 Å². The number of rotatable bonds is 1. The Balaban J connectivity index is 0. The second-order valence-corrected chi connectivity index (χ2v) is 1.95. The van der Waals surface area contributed by atoms with Crippen LogP contribution in [0.5, 0.6) is 0 Å². The average Bonchev–Trinajstić information content (AvgIpc) is 1.90. The average molecular weight is 182 g/mol. The number of halogens is 1. The Morgan fingerprint density at radius 2 is 1.64 bits per heavy atom. The molecule has 0 aromatic heterocycles. The fourth-order valence-electron chi connectivity index (χ4n) is 0.663. The zero-order chi connectivity index (χ0) is 6.69. The molecule has 0 atom stereocenters. The molecule has 1 aromatic carbocycles. The summed E-state index contributed by atoms with van der Waals surface area (Å²) in [4.78, 5) is 0. The van der Waals surface area contributed by atoms with Crippen molar-refractivity contribution >= 4 is 47.7 Å². The minimum Gasteiger partial charge on any atom is -0.314 e. The molecule has 1 aromatic rings. The third-order valence-corrected chi connectivity index (χ3v) is 1.16. The van der Waals surface area contributed by atoms with Crippen molar-refractivity contribution in [1.29, 1.82) is 0 Å². The molecule has 0 aliphatic heterocycles. The van der Waals surface area contributed by atoms with Gasteiger partial charge in [0.15, 0.2) is 0 Å². The molecule has 0 aliphatic carbocycles. The third-order valence-electron chi connectivity index (χ3n) is 1.16. The first-order valence-electron chi connectivity index (χ1n) is 2.84. The molecule has 4 heteroatoms. The SMILES string of the molecule is CN(N)c1ccccc1.Cl.[Na]. The normalized spacial score (nSPS) is 7.45. The van der Waals surface area contributed by atoms with Gasteiger partial charge >= 0.3 is 0 Å². The van der Waals surface area contributed by atoms with E-state index < -0.39 is 0 Å². The Hall–Kier alpha value is 0.270. The molecule has 2 N–H and O–H groups in total. The first kappa shape index (κ1) is 13.8. The van der Waals surface area contributed by atoms with Crippen molar-refractivity contribution in [3.63, 3.8) is 0 Å². The number of hydrogen-bond acceptors (Lipinski definition) is 2. The molecule has 0 fully saturated rings. The Morgan fingerprint density at radius 1 is 1.18 bits per heavy atom. The van der Waals surface area contributed by atoms with Gasteiger partial charge in [0.05, 0.1) is 5.69 Å². The summed E-state index contributed by atoms with van der Waals surface area (Å²) in [6.07, 6.45) is 0. The van der Waals surface area contributed by atoms with E-state index in [1.807, 2.05) is 37.4 Å². The van der Waals surface area contributed by atoms with Crippen LogP contribution in [0.25, 0.3) is 0 Å². The molecule has 1 rings (SSSR count). The van der Waals surface area contributed by atoms with Crippen molar-refractivity contribution in [2.75, 3.05) is 12.1 Å². The van der Waals surface area contributed by atoms with E-state index >= 15 is 0 Å². The first-order valence-corrected chi connectivity index (χ1v) is 2.84. The predicted molar refractivity (Wildman–Crippen MR) is 52.0 cm³/mol. The number of hydrogen-bond donors (Lipinski definition) is 1. The molecule has 11 heavy (non-hydrogen) atoms. The summed E-state index contributed by atoms with van der Waals surface area (Å²) in [5.41, 5.74) is 1.03. The fraction of sp³-hybridized carbons (Fsp3) is 0.143. The van der Waals surface area contributed by atoms with Crippen LogP contribution in [0.3, 0.4) is 0 Å². The van der Waals surface area contributed by atoms with Crippen LogP contribution >= 0.6 is 12.4 Å². The minimum atomic E-state index is 0. The van der Waals surface area contributed by atoms with Gasteiger partial charge in [-0.05, 0) is 12.1 Å². The van der Waals surface area contributed by atoms with Crippen LogP contribution in [0.4, 0.5) is 5.69 Å². The largest absolute Gasteiger partial charge is 0.314 e. The molecule has 0 heterocycles. The zero-order valence-corrected chi connectivity index (χ0v) is 9.64. The van der Waals surface area contributed by atoms with Crippen molar-refractivity contribution in [1.82, 2.24) is 0 Å². The first-order chi connectivity index (χ1) is 4.30. The van der Waals surface area contributed by atoms with Crippen LogP contribution in [0.15, 0.2) is 30.3 Å². The molecule has 0 spiro atoms. The monoisotopic (exact) mass is 181 g/mol. The zero-order valence-electron chi connectivity index (χ0n) is 6.82. The second-order valence-electron chi connectivity index (χ2n) is 1.95. The number of nitrogens with two attached hydrogens (primary N) is 1. The van der Waals surface area contributed by atoms with Crippen LogP contribution in [-0.4, -0.2) is 36.6 Å². The van der Waals surface area contributed by atoms with Gasteiger partial charge in [-0.25, -0.2) is 5.84 Å². The number of anilines is 1. The predicted octanol–water partition coefficient (Wildman–Crippen LogP) is 1.04. The minimum absolute atomic E-state index is 0. The number of benzene rings is 1. The van der Waals surface area contributed by atoms with Gasteiger partial charge in [-0.3, -0.25) is 0 Å². The number of hydrazine groups is 1. The van der Waals surface area contributed by atoms with Gasteiger partial charge < -0.3 is 5.01 Å². The Morgan fingerprint density at radius 3 is 1.91 bits per heavy atom. The third kappa shape index (κ3) is 4.67. The van der Waals surface area contributed by atoms with E-state index in [-0.39, 0.29) is 42.0 Å². The van der Waals surface area contributed by atoms with E-state index in [0.29, 0.717) is 0 Å². The maximum absolute atomic E-state index is 5.45. The Labute approximate surface area is 95.4 Å². The van der Waals surface area contributed by atoms with Crippen LogP contribution < -0.4 is 10.9 Å². The standard InChI is InChI=1S/C7H10N2.ClH.Na/c1-9(8)7-5-3-2-4-6-7;;/h2-6H,8H2,1H3;1H;. The maximum Gasteiger partial charge on any atom is 0.0513 e. The van der Waals surface area contributed by atoms with Crippen molar-refractivity contribution < 1.29 is 0 Å². The van der Waals surface area contributed by atoms with Gasteiger partial charge in [0, 0.05) is 36.6 Å². The van der Waals surface area contributed by atoms with Crippen molar-refractivity contribution in [2.24, 2.45) is 5.84 Å². The molecule has 57 valence electrons. The molecule has 0 aliphatic rings. The van der Waals surface area contributed by atoms with E-state index in [0.717, 1.165) is 5.69 Å². The smallest absolute Gasteiger partial charge is 0.0513 e. The summed E-state index contributed by atoms with van der Waals surface area (Å²) in [6, 6.07) is 9.80.